The van der Waals surface area contributed by atoms with Crippen LogP contribution < -0.4 is 10.1 Å². The zero-order valence-corrected chi connectivity index (χ0v) is 12.1. The Bertz CT molecular complexity index is 442. The molecule has 0 unspecified atom stereocenters. The Morgan fingerprint density at radius 1 is 1.10 bits per heavy atom. The Morgan fingerprint density at radius 2 is 1.76 bits per heavy atom. The zero-order valence-electron chi connectivity index (χ0n) is 12.1. The van der Waals surface area contributed by atoms with Crippen molar-refractivity contribution in [1.29, 1.82) is 0 Å². The second-order valence-electron chi connectivity index (χ2n) is 5.87. The fourth-order valence-electron chi connectivity index (χ4n) is 3.34. The molecule has 1 heterocycles. The Kier molecular flexibility index (Phi) is 4.70. The van der Waals surface area contributed by atoms with Gasteiger partial charge >= 0.3 is 6.61 Å². The molecule has 5 heteroatoms. The van der Waals surface area contributed by atoms with Gasteiger partial charge in [-0.05, 0) is 36.5 Å². The molecule has 2 aliphatic rings. The lowest BCUT2D eigenvalue weighted by molar-refractivity contribution is -0.0498. The van der Waals surface area contributed by atoms with Crippen LogP contribution in [0.1, 0.15) is 30.9 Å². The molecule has 1 aromatic rings. The van der Waals surface area contributed by atoms with Gasteiger partial charge in [0.25, 0.3) is 0 Å². The van der Waals surface area contributed by atoms with Gasteiger partial charge in [0, 0.05) is 32.2 Å². The van der Waals surface area contributed by atoms with E-state index in [2.05, 4.69) is 15.0 Å². The predicted molar refractivity (Wildman–Crippen MR) is 77.6 cm³/mol. The van der Waals surface area contributed by atoms with Gasteiger partial charge in [-0.15, -0.1) is 0 Å². The summed E-state index contributed by atoms with van der Waals surface area (Å²) in [5.41, 5.74) is 1.23. The number of hydrogen-bond acceptors (Lipinski definition) is 3. The van der Waals surface area contributed by atoms with Crippen molar-refractivity contribution >= 4 is 0 Å². The summed E-state index contributed by atoms with van der Waals surface area (Å²) in [6, 6.07) is 7.64. The normalized spacial score (nSPS) is 22.0. The average molecular weight is 296 g/mol. The van der Waals surface area contributed by atoms with E-state index in [4.69, 9.17) is 0 Å². The van der Waals surface area contributed by atoms with Crippen molar-refractivity contribution in [3.8, 4) is 5.75 Å². The molecule has 3 rings (SSSR count). The molecule has 1 aliphatic heterocycles. The molecule has 0 bridgehead atoms. The second kappa shape index (κ2) is 6.71. The van der Waals surface area contributed by atoms with E-state index < -0.39 is 6.61 Å². The van der Waals surface area contributed by atoms with Gasteiger partial charge in [-0.1, -0.05) is 18.6 Å². The minimum Gasteiger partial charge on any atom is -0.435 e. The first-order chi connectivity index (χ1) is 10.2. The Balaban J connectivity index is 1.75. The van der Waals surface area contributed by atoms with E-state index in [1.54, 1.807) is 12.1 Å². The van der Waals surface area contributed by atoms with Crippen molar-refractivity contribution in [3.63, 3.8) is 0 Å². The molecule has 1 saturated carbocycles. The van der Waals surface area contributed by atoms with Gasteiger partial charge in [-0.3, -0.25) is 4.90 Å². The topological polar surface area (TPSA) is 24.5 Å². The molecule has 0 radical (unpaired) electrons. The highest BCUT2D eigenvalue weighted by Crippen LogP contribution is 2.41. The standard InChI is InChI=1S/C16H22F2N2O/c17-16(18)21-14-6-4-13(5-7-14)15(12-2-1-3-12)20-10-8-19-9-11-20/h4-7,12,15-16,19H,1-3,8-11H2/t15-/m0/s1. The maximum Gasteiger partial charge on any atom is 0.387 e. The van der Waals surface area contributed by atoms with E-state index in [-0.39, 0.29) is 5.75 Å². The van der Waals surface area contributed by atoms with Gasteiger partial charge in [-0.2, -0.15) is 8.78 Å². The van der Waals surface area contributed by atoms with Crippen LogP contribution in [0.4, 0.5) is 8.78 Å². The average Bonchev–Trinajstić information content (AvgIpc) is 2.44. The van der Waals surface area contributed by atoms with Gasteiger partial charge in [0.1, 0.15) is 5.75 Å². The molecule has 116 valence electrons. The van der Waals surface area contributed by atoms with Gasteiger partial charge in [0.05, 0.1) is 0 Å². The first kappa shape index (κ1) is 14.7. The lowest BCUT2D eigenvalue weighted by atomic mass is 9.76. The molecular formula is C16H22F2N2O. The smallest absolute Gasteiger partial charge is 0.387 e. The maximum absolute atomic E-state index is 12.2. The molecule has 1 aliphatic carbocycles. The Hall–Kier alpha value is -1.20. The van der Waals surface area contributed by atoms with Crippen molar-refractivity contribution in [3.05, 3.63) is 29.8 Å². The highest BCUT2D eigenvalue weighted by atomic mass is 19.3. The first-order valence-electron chi connectivity index (χ1n) is 7.73. The number of hydrogen-bond donors (Lipinski definition) is 1. The lowest BCUT2D eigenvalue weighted by Gasteiger charge is -2.43. The van der Waals surface area contributed by atoms with Crippen molar-refractivity contribution in [2.24, 2.45) is 5.92 Å². The minimum atomic E-state index is -2.76. The third-order valence-electron chi connectivity index (χ3n) is 4.59. The van der Waals surface area contributed by atoms with Gasteiger partial charge in [-0.25, -0.2) is 0 Å². The van der Waals surface area contributed by atoms with Crippen LogP contribution in [0.15, 0.2) is 24.3 Å². The molecule has 2 fully saturated rings. The fourth-order valence-corrected chi connectivity index (χ4v) is 3.34. The van der Waals surface area contributed by atoms with Crippen LogP contribution in [0.5, 0.6) is 5.75 Å². The summed E-state index contributed by atoms with van der Waals surface area (Å²) < 4.78 is 28.9. The molecule has 3 nitrogen and oxygen atoms in total. The van der Waals surface area contributed by atoms with E-state index in [9.17, 15) is 8.78 Å². The molecule has 1 aromatic carbocycles. The van der Waals surface area contributed by atoms with Crippen LogP contribution in [-0.4, -0.2) is 37.7 Å². The van der Waals surface area contributed by atoms with Crippen LogP contribution in [0.3, 0.4) is 0 Å². The fraction of sp³-hybridized carbons (Fsp3) is 0.625. The van der Waals surface area contributed by atoms with Crippen molar-refractivity contribution in [2.75, 3.05) is 26.2 Å². The van der Waals surface area contributed by atoms with E-state index in [1.807, 2.05) is 12.1 Å². The maximum atomic E-state index is 12.2. The number of benzene rings is 1. The summed E-state index contributed by atoms with van der Waals surface area (Å²) >= 11 is 0. The summed E-state index contributed by atoms with van der Waals surface area (Å²) in [5.74, 6) is 0.936. The Labute approximate surface area is 124 Å². The summed E-state index contributed by atoms with van der Waals surface area (Å²) in [7, 11) is 0. The predicted octanol–water partition coefficient (Wildman–Crippen LogP) is 3.03. The highest BCUT2D eigenvalue weighted by Gasteiger charge is 2.33. The van der Waals surface area contributed by atoms with E-state index in [0.29, 0.717) is 12.0 Å². The number of rotatable bonds is 5. The molecule has 21 heavy (non-hydrogen) atoms. The summed E-state index contributed by atoms with van der Waals surface area (Å²) in [4.78, 5) is 2.53. The first-order valence-corrected chi connectivity index (χ1v) is 7.73. The number of alkyl halides is 2. The molecule has 1 N–H and O–H groups in total. The molecule has 0 spiro atoms. The quantitative estimate of drug-likeness (QED) is 0.904. The lowest BCUT2D eigenvalue weighted by Crippen LogP contribution is -2.47. The monoisotopic (exact) mass is 296 g/mol. The van der Waals surface area contributed by atoms with Gasteiger partial charge in [0.15, 0.2) is 0 Å². The molecule has 0 aromatic heterocycles. The number of nitrogens with zero attached hydrogens (tertiary/aromatic N) is 1. The molecular weight excluding hydrogens is 274 g/mol. The zero-order chi connectivity index (χ0) is 14.7. The number of halogens is 2. The summed E-state index contributed by atoms with van der Waals surface area (Å²) in [6.07, 6.45) is 3.84. The van der Waals surface area contributed by atoms with Gasteiger partial charge in [0.2, 0.25) is 0 Å². The van der Waals surface area contributed by atoms with Crippen LogP contribution in [0.2, 0.25) is 0 Å². The minimum absolute atomic E-state index is 0.237. The second-order valence-corrected chi connectivity index (χ2v) is 5.87. The summed E-state index contributed by atoms with van der Waals surface area (Å²) in [5, 5.41) is 3.38. The van der Waals surface area contributed by atoms with Crippen molar-refractivity contribution in [2.45, 2.75) is 31.9 Å². The molecule has 1 saturated heterocycles. The third-order valence-corrected chi connectivity index (χ3v) is 4.59. The van der Waals surface area contributed by atoms with Crippen molar-refractivity contribution in [1.82, 2.24) is 10.2 Å². The largest absolute Gasteiger partial charge is 0.435 e. The van der Waals surface area contributed by atoms with Crippen LogP contribution in [0, 0.1) is 5.92 Å². The van der Waals surface area contributed by atoms with Crippen LogP contribution in [-0.2, 0) is 0 Å². The molecule has 1 atom stereocenters. The van der Waals surface area contributed by atoms with E-state index in [1.165, 1.54) is 24.8 Å². The van der Waals surface area contributed by atoms with Crippen LogP contribution in [0.25, 0.3) is 0 Å². The third kappa shape index (κ3) is 3.52. The van der Waals surface area contributed by atoms with Crippen LogP contribution >= 0.6 is 0 Å². The van der Waals surface area contributed by atoms with E-state index >= 15 is 0 Å². The number of piperazine rings is 1. The highest BCUT2D eigenvalue weighted by molar-refractivity contribution is 5.30. The molecule has 0 amide bonds. The SMILES string of the molecule is FC(F)Oc1ccc([C@H](C2CCC2)N2CCNCC2)cc1. The van der Waals surface area contributed by atoms with Gasteiger partial charge < -0.3 is 10.1 Å². The number of ether oxygens (including phenoxy) is 1. The van der Waals surface area contributed by atoms with E-state index in [0.717, 1.165) is 26.2 Å². The summed E-state index contributed by atoms with van der Waals surface area (Å²) in [6.45, 7) is 1.39. The Morgan fingerprint density at radius 3 is 2.29 bits per heavy atom. The van der Waals surface area contributed by atoms with Crippen molar-refractivity contribution < 1.29 is 13.5 Å². The number of nitrogens with one attached hydrogen (secondary N) is 1.